The van der Waals surface area contributed by atoms with Crippen LogP contribution in [-0.2, 0) is 0 Å². The van der Waals surface area contributed by atoms with E-state index in [0.29, 0.717) is 6.04 Å². The Labute approximate surface area is 124 Å². The predicted octanol–water partition coefficient (Wildman–Crippen LogP) is 3.61. The molecule has 1 aromatic heterocycles. The van der Waals surface area contributed by atoms with Crippen molar-refractivity contribution in [2.75, 3.05) is 23.3 Å². The highest BCUT2D eigenvalue weighted by molar-refractivity contribution is 5.51. The standard InChI is InChI=1S/C17H20FN3/c1-13-5-6-14(18)12-16(13)20-15-7-10-21(11-8-15)17-4-2-3-9-19-17/h2-6,9,12,15,20H,7-8,10-11H2,1H3. The van der Waals surface area contributed by atoms with Crippen molar-refractivity contribution in [3.8, 4) is 0 Å². The Hall–Kier alpha value is -2.10. The third-order valence-corrected chi connectivity index (χ3v) is 4.03. The largest absolute Gasteiger partial charge is 0.382 e. The quantitative estimate of drug-likeness (QED) is 0.933. The number of halogens is 1. The molecule has 2 aromatic rings. The van der Waals surface area contributed by atoms with Gasteiger partial charge in [-0.3, -0.25) is 0 Å². The summed E-state index contributed by atoms with van der Waals surface area (Å²) in [6.07, 6.45) is 3.90. The van der Waals surface area contributed by atoms with E-state index in [2.05, 4.69) is 15.2 Å². The number of aryl methyl sites for hydroxylation is 1. The number of rotatable bonds is 3. The zero-order valence-electron chi connectivity index (χ0n) is 12.2. The Morgan fingerprint density at radius 2 is 2.00 bits per heavy atom. The van der Waals surface area contributed by atoms with Crippen LogP contribution in [0.25, 0.3) is 0 Å². The average Bonchev–Trinajstić information content (AvgIpc) is 2.53. The third-order valence-electron chi connectivity index (χ3n) is 4.03. The molecule has 0 unspecified atom stereocenters. The van der Waals surface area contributed by atoms with Crippen molar-refractivity contribution in [3.63, 3.8) is 0 Å². The van der Waals surface area contributed by atoms with Crippen LogP contribution >= 0.6 is 0 Å². The molecular formula is C17H20FN3. The van der Waals surface area contributed by atoms with Crippen molar-refractivity contribution in [2.45, 2.75) is 25.8 Å². The third kappa shape index (κ3) is 3.32. The second kappa shape index (κ2) is 6.12. The van der Waals surface area contributed by atoms with Gasteiger partial charge in [-0.15, -0.1) is 0 Å². The molecule has 1 N–H and O–H groups in total. The van der Waals surface area contributed by atoms with Crippen molar-refractivity contribution in [2.24, 2.45) is 0 Å². The molecule has 0 saturated carbocycles. The molecule has 21 heavy (non-hydrogen) atoms. The summed E-state index contributed by atoms with van der Waals surface area (Å²) >= 11 is 0. The maximum Gasteiger partial charge on any atom is 0.128 e. The van der Waals surface area contributed by atoms with Crippen molar-refractivity contribution in [1.29, 1.82) is 0 Å². The van der Waals surface area contributed by atoms with E-state index in [1.165, 1.54) is 6.07 Å². The van der Waals surface area contributed by atoms with Crippen molar-refractivity contribution in [3.05, 3.63) is 54.0 Å². The van der Waals surface area contributed by atoms with Gasteiger partial charge in [0.1, 0.15) is 11.6 Å². The first-order valence-corrected chi connectivity index (χ1v) is 7.41. The predicted molar refractivity (Wildman–Crippen MR) is 84.2 cm³/mol. The average molecular weight is 285 g/mol. The number of aromatic nitrogens is 1. The second-order valence-corrected chi connectivity index (χ2v) is 5.55. The lowest BCUT2D eigenvalue weighted by atomic mass is 10.0. The lowest BCUT2D eigenvalue weighted by molar-refractivity contribution is 0.523. The summed E-state index contributed by atoms with van der Waals surface area (Å²) in [7, 11) is 0. The molecule has 0 aliphatic carbocycles. The smallest absolute Gasteiger partial charge is 0.128 e. The van der Waals surface area contributed by atoms with Gasteiger partial charge in [0.05, 0.1) is 0 Å². The summed E-state index contributed by atoms with van der Waals surface area (Å²) in [5.41, 5.74) is 2.00. The Bertz CT molecular complexity index is 592. The van der Waals surface area contributed by atoms with Gasteiger partial charge < -0.3 is 10.2 Å². The van der Waals surface area contributed by atoms with Crippen LogP contribution in [0.1, 0.15) is 18.4 Å². The Morgan fingerprint density at radius 3 is 2.71 bits per heavy atom. The van der Waals surface area contributed by atoms with Gasteiger partial charge >= 0.3 is 0 Å². The fourth-order valence-electron chi connectivity index (χ4n) is 2.76. The fraction of sp³-hybridized carbons (Fsp3) is 0.353. The van der Waals surface area contributed by atoms with E-state index in [1.807, 2.05) is 37.4 Å². The fourth-order valence-corrected chi connectivity index (χ4v) is 2.76. The van der Waals surface area contributed by atoms with Crippen LogP contribution in [0.2, 0.25) is 0 Å². The molecule has 110 valence electrons. The second-order valence-electron chi connectivity index (χ2n) is 5.55. The van der Waals surface area contributed by atoms with E-state index in [9.17, 15) is 4.39 Å². The highest BCUT2D eigenvalue weighted by Crippen LogP contribution is 2.22. The van der Waals surface area contributed by atoms with Crippen LogP contribution < -0.4 is 10.2 Å². The first kappa shape index (κ1) is 13.9. The molecule has 4 heteroatoms. The minimum absolute atomic E-state index is 0.186. The monoisotopic (exact) mass is 285 g/mol. The molecular weight excluding hydrogens is 265 g/mol. The molecule has 0 amide bonds. The molecule has 3 rings (SSSR count). The molecule has 1 saturated heterocycles. The topological polar surface area (TPSA) is 28.2 Å². The minimum atomic E-state index is -0.186. The van der Waals surface area contributed by atoms with Gasteiger partial charge in [-0.1, -0.05) is 12.1 Å². The number of anilines is 2. The van der Waals surface area contributed by atoms with Gasteiger partial charge in [0.2, 0.25) is 0 Å². The molecule has 0 atom stereocenters. The van der Waals surface area contributed by atoms with Crippen LogP contribution in [0.15, 0.2) is 42.6 Å². The lowest BCUT2D eigenvalue weighted by Crippen LogP contribution is -2.39. The first-order chi connectivity index (χ1) is 10.2. The Kier molecular flexibility index (Phi) is 4.04. The number of nitrogens with one attached hydrogen (secondary N) is 1. The summed E-state index contributed by atoms with van der Waals surface area (Å²) in [6, 6.07) is 11.3. The maximum absolute atomic E-state index is 13.3. The van der Waals surface area contributed by atoms with E-state index in [-0.39, 0.29) is 5.82 Å². The van der Waals surface area contributed by atoms with Crippen LogP contribution in [0, 0.1) is 12.7 Å². The highest BCUT2D eigenvalue weighted by atomic mass is 19.1. The molecule has 1 aromatic carbocycles. The molecule has 1 aliphatic rings. The van der Waals surface area contributed by atoms with E-state index >= 15 is 0 Å². The van der Waals surface area contributed by atoms with Gasteiger partial charge in [0.25, 0.3) is 0 Å². The SMILES string of the molecule is Cc1ccc(F)cc1NC1CCN(c2ccccn2)CC1. The summed E-state index contributed by atoms with van der Waals surface area (Å²) < 4.78 is 13.3. The summed E-state index contributed by atoms with van der Waals surface area (Å²) in [6.45, 7) is 3.96. The molecule has 3 nitrogen and oxygen atoms in total. The number of benzene rings is 1. The number of pyridine rings is 1. The zero-order chi connectivity index (χ0) is 14.7. The van der Waals surface area contributed by atoms with Gasteiger partial charge in [-0.05, 0) is 49.6 Å². The van der Waals surface area contributed by atoms with Gasteiger partial charge in [-0.2, -0.15) is 0 Å². The van der Waals surface area contributed by atoms with E-state index < -0.39 is 0 Å². The Morgan fingerprint density at radius 1 is 1.19 bits per heavy atom. The van der Waals surface area contributed by atoms with Crippen LogP contribution in [-0.4, -0.2) is 24.1 Å². The molecule has 1 fully saturated rings. The number of hydrogen-bond donors (Lipinski definition) is 1. The Balaban J connectivity index is 1.60. The van der Waals surface area contributed by atoms with Crippen molar-refractivity contribution in [1.82, 2.24) is 4.98 Å². The number of piperidine rings is 1. The molecule has 0 spiro atoms. The first-order valence-electron chi connectivity index (χ1n) is 7.41. The summed E-state index contributed by atoms with van der Waals surface area (Å²) in [5.74, 6) is 0.854. The molecule has 0 bridgehead atoms. The molecule has 0 radical (unpaired) electrons. The maximum atomic E-state index is 13.3. The lowest BCUT2D eigenvalue weighted by Gasteiger charge is -2.33. The molecule has 1 aliphatic heterocycles. The highest BCUT2D eigenvalue weighted by Gasteiger charge is 2.20. The van der Waals surface area contributed by atoms with Gasteiger partial charge in [0, 0.05) is 31.0 Å². The van der Waals surface area contributed by atoms with Crippen molar-refractivity contribution < 1.29 is 4.39 Å². The van der Waals surface area contributed by atoms with Crippen LogP contribution in [0.5, 0.6) is 0 Å². The van der Waals surface area contributed by atoms with Crippen LogP contribution in [0.4, 0.5) is 15.9 Å². The number of nitrogens with zero attached hydrogens (tertiary/aromatic N) is 2. The van der Waals surface area contributed by atoms with Gasteiger partial charge in [0.15, 0.2) is 0 Å². The van der Waals surface area contributed by atoms with E-state index in [1.54, 1.807) is 6.07 Å². The molecule has 2 heterocycles. The zero-order valence-corrected chi connectivity index (χ0v) is 12.2. The normalized spacial score (nSPS) is 16.0. The van der Waals surface area contributed by atoms with Crippen molar-refractivity contribution >= 4 is 11.5 Å². The van der Waals surface area contributed by atoms with E-state index in [0.717, 1.165) is 43.0 Å². The minimum Gasteiger partial charge on any atom is -0.382 e. The number of hydrogen-bond acceptors (Lipinski definition) is 3. The summed E-state index contributed by atoms with van der Waals surface area (Å²) in [4.78, 5) is 6.70. The van der Waals surface area contributed by atoms with Gasteiger partial charge in [-0.25, -0.2) is 9.37 Å². The summed E-state index contributed by atoms with van der Waals surface area (Å²) in [5, 5.41) is 3.47. The van der Waals surface area contributed by atoms with Crippen LogP contribution in [0.3, 0.4) is 0 Å². The van der Waals surface area contributed by atoms with E-state index in [4.69, 9.17) is 0 Å².